The lowest BCUT2D eigenvalue weighted by Crippen LogP contribution is -2.40. The molecule has 34 heavy (non-hydrogen) atoms. The number of nitrogens with one attached hydrogen (secondary N) is 1. The van der Waals surface area contributed by atoms with Crippen LogP contribution >= 0.6 is 0 Å². The third-order valence-corrected chi connectivity index (χ3v) is 5.31. The summed E-state index contributed by atoms with van der Waals surface area (Å²) in [7, 11) is 0. The van der Waals surface area contributed by atoms with Crippen molar-refractivity contribution in [1.82, 2.24) is 5.32 Å². The highest BCUT2D eigenvalue weighted by molar-refractivity contribution is 6.02. The molecule has 0 bridgehead atoms. The lowest BCUT2D eigenvalue weighted by molar-refractivity contribution is -0.122. The molecule has 0 atom stereocenters. The number of ether oxygens (including phenoxy) is 2. The van der Waals surface area contributed by atoms with Crippen LogP contribution in [0.4, 0.5) is 14.5 Å². The van der Waals surface area contributed by atoms with E-state index in [2.05, 4.69) is 19.2 Å². The first-order valence-electron chi connectivity index (χ1n) is 11.2. The fourth-order valence-corrected chi connectivity index (χ4v) is 3.43. The molecule has 7 nitrogen and oxygen atoms in total. The van der Waals surface area contributed by atoms with Crippen LogP contribution < -0.4 is 19.7 Å². The molecule has 2 aromatic rings. The standard InChI is InChI=1S/C25H28F2N2O5/c1-16(2)9-10-28-24(31)4-3-11-29-20-12-17(5-7-23(20)34-15-25(29)32)21(30)14-33-22-8-6-18(26)13-19(22)27/h5-8,12-13,16H,3-4,9-11,14-15H2,1-2H3,(H,28,31). The number of halogens is 2. The van der Waals surface area contributed by atoms with Gasteiger partial charge >= 0.3 is 0 Å². The van der Waals surface area contributed by atoms with Gasteiger partial charge in [-0.05, 0) is 49.1 Å². The van der Waals surface area contributed by atoms with Crippen molar-refractivity contribution in [2.45, 2.75) is 33.1 Å². The molecule has 1 heterocycles. The van der Waals surface area contributed by atoms with Gasteiger partial charge in [-0.25, -0.2) is 8.78 Å². The zero-order valence-electron chi connectivity index (χ0n) is 19.2. The van der Waals surface area contributed by atoms with Crippen molar-refractivity contribution in [3.05, 3.63) is 53.6 Å². The molecule has 0 spiro atoms. The van der Waals surface area contributed by atoms with Gasteiger partial charge in [0.1, 0.15) is 11.6 Å². The second kappa shape index (κ2) is 11.6. The summed E-state index contributed by atoms with van der Waals surface area (Å²) in [5, 5.41) is 2.87. The van der Waals surface area contributed by atoms with E-state index >= 15 is 0 Å². The molecule has 9 heteroatoms. The van der Waals surface area contributed by atoms with E-state index in [1.807, 2.05) is 0 Å². The SMILES string of the molecule is CC(C)CCNC(=O)CCCN1C(=O)COc2ccc(C(=O)COc3ccc(F)cc3F)cc21. The number of benzene rings is 2. The first-order valence-corrected chi connectivity index (χ1v) is 11.2. The number of ketones is 1. The smallest absolute Gasteiger partial charge is 0.265 e. The summed E-state index contributed by atoms with van der Waals surface area (Å²) in [6.45, 7) is 4.48. The molecular weight excluding hydrogens is 446 g/mol. The fraction of sp³-hybridized carbons (Fsp3) is 0.400. The summed E-state index contributed by atoms with van der Waals surface area (Å²) in [5.74, 6) is -1.74. The zero-order valence-corrected chi connectivity index (χ0v) is 19.2. The minimum atomic E-state index is -0.906. The molecule has 0 aromatic heterocycles. The van der Waals surface area contributed by atoms with Gasteiger partial charge in [0.2, 0.25) is 5.91 Å². The number of carbonyl (C=O) groups excluding carboxylic acids is 3. The third-order valence-electron chi connectivity index (χ3n) is 5.31. The molecule has 2 amide bonds. The van der Waals surface area contributed by atoms with Crippen LogP contribution in [-0.4, -0.2) is 43.9 Å². The van der Waals surface area contributed by atoms with Crippen LogP contribution in [0.1, 0.15) is 43.5 Å². The molecule has 1 aliphatic heterocycles. The van der Waals surface area contributed by atoms with Crippen molar-refractivity contribution in [1.29, 1.82) is 0 Å². The van der Waals surface area contributed by atoms with E-state index < -0.39 is 24.0 Å². The van der Waals surface area contributed by atoms with Crippen molar-refractivity contribution < 1.29 is 32.6 Å². The zero-order chi connectivity index (χ0) is 24.7. The van der Waals surface area contributed by atoms with Crippen LogP contribution in [0.5, 0.6) is 11.5 Å². The Bertz CT molecular complexity index is 1060. The number of carbonyl (C=O) groups is 3. The van der Waals surface area contributed by atoms with E-state index in [4.69, 9.17) is 9.47 Å². The molecule has 0 radical (unpaired) electrons. The highest BCUT2D eigenvalue weighted by Gasteiger charge is 2.26. The lowest BCUT2D eigenvalue weighted by Gasteiger charge is -2.29. The van der Waals surface area contributed by atoms with Gasteiger partial charge in [0.05, 0.1) is 5.69 Å². The Balaban J connectivity index is 1.61. The summed E-state index contributed by atoms with van der Waals surface area (Å²) in [4.78, 5) is 38.6. The van der Waals surface area contributed by atoms with Gasteiger partial charge in [0, 0.05) is 31.1 Å². The minimum absolute atomic E-state index is 0.0734. The fourth-order valence-electron chi connectivity index (χ4n) is 3.43. The van der Waals surface area contributed by atoms with Gasteiger partial charge in [-0.3, -0.25) is 14.4 Å². The van der Waals surface area contributed by atoms with E-state index in [1.165, 1.54) is 17.0 Å². The van der Waals surface area contributed by atoms with E-state index in [9.17, 15) is 23.2 Å². The van der Waals surface area contributed by atoms with Crippen LogP contribution in [0.3, 0.4) is 0 Å². The van der Waals surface area contributed by atoms with E-state index in [0.29, 0.717) is 42.9 Å². The maximum absolute atomic E-state index is 13.7. The Morgan fingerprint density at radius 1 is 1.18 bits per heavy atom. The molecule has 0 saturated heterocycles. The number of hydrogen-bond acceptors (Lipinski definition) is 5. The Morgan fingerprint density at radius 2 is 1.97 bits per heavy atom. The summed E-state index contributed by atoms with van der Waals surface area (Å²) < 4.78 is 37.4. The monoisotopic (exact) mass is 474 g/mol. The minimum Gasteiger partial charge on any atom is -0.482 e. The number of Topliss-reactive ketones (excluding diaryl/α,β-unsaturated/α-hetero) is 1. The Hall–Kier alpha value is -3.49. The highest BCUT2D eigenvalue weighted by Crippen LogP contribution is 2.33. The topological polar surface area (TPSA) is 84.9 Å². The number of nitrogens with zero attached hydrogens (tertiary/aromatic N) is 1. The van der Waals surface area contributed by atoms with Gasteiger partial charge in [0.15, 0.2) is 30.6 Å². The summed E-state index contributed by atoms with van der Waals surface area (Å²) in [6, 6.07) is 7.44. The molecule has 3 rings (SSSR count). The van der Waals surface area contributed by atoms with Crippen LogP contribution in [0.15, 0.2) is 36.4 Å². The average molecular weight is 475 g/mol. The summed E-state index contributed by atoms with van der Waals surface area (Å²) >= 11 is 0. The molecule has 1 aliphatic rings. The maximum Gasteiger partial charge on any atom is 0.265 e. The first-order chi connectivity index (χ1) is 16.2. The Labute approximate surface area is 197 Å². The van der Waals surface area contributed by atoms with Gasteiger partial charge < -0.3 is 19.7 Å². The molecule has 1 N–H and O–H groups in total. The Morgan fingerprint density at radius 3 is 2.71 bits per heavy atom. The Kier molecular flexibility index (Phi) is 8.56. The van der Waals surface area contributed by atoms with Gasteiger partial charge in [-0.2, -0.15) is 0 Å². The average Bonchev–Trinajstić information content (AvgIpc) is 2.79. The predicted molar refractivity (Wildman–Crippen MR) is 122 cm³/mol. The highest BCUT2D eigenvalue weighted by atomic mass is 19.1. The van der Waals surface area contributed by atoms with Crippen molar-refractivity contribution >= 4 is 23.3 Å². The number of anilines is 1. The first kappa shape index (κ1) is 25.1. The number of rotatable bonds is 11. The van der Waals surface area contributed by atoms with Crippen LogP contribution in [0.25, 0.3) is 0 Å². The number of amides is 2. The van der Waals surface area contributed by atoms with Crippen molar-refractivity contribution in [3.8, 4) is 11.5 Å². The van der Waals surface area contributed by atoms with Gasteiger partial charge in [-0.15, -0.1) is 0 Å². The summed E-state index contributed by atoms with van der Waals surface area (Å²) in [6.07, 6.45) is 1.62. The molecular formula is C25H28F2N2O5. The quantitative estimate of drug-likeness (QED) is 0.500. The largest absolute Gasteiger partial charge is 0.482 e. The molecule has 2 aromatic carbocycles. The normalized spacial score (nSPS) is 12.9. The lowest BCUT2D eigenvalue weighted by atomic mass is 10.1. The van der Waals surface area contributed by atoms with Crippen molar-refractivity contribution in [3.63, 3.8) is 0 Å². The van der Waals surface area contributed by atoms with Crippen molar-refractivity contribution in [2.75, 3.05) is 31.2 Å². The van der Waals surface area contributed by atoms with Crippen LogP contribution in [0, 0.1) is 17.6 Å². The van der Waals surface area contributed by atoms with Gasteiger partial charge in [0.25, 0.3) is 5.91 Å². The summed E-state index contributed by atoms with van der Waals surface area (Å²) in [5.41, 5.74) is 0.672. The van der Waals surface area contributed by atoms with Crippen LogP contribution in [0.2, 0.25) is 0 Å². The molecule has 0 aliphatic carbocycles. The van der Waals surface area contributed by atoms with E-state index in [1.54, 1.807) is 6.07 Å². The molecule has 0 fully saturated rings. The molecule has 182 valence electrons. The molecule has 0 saturated carbocycles. The second-order valence-electron chi connectivity index (χ2n) is 8.44. The number of hydrogen-bond donors (Lipinski definition) is 1. The third kappa shape index (κ3) is 6.76. The predicted octanol–water partition coefficient (Wildman–Crippen LogP) is 3.89. The second-order valence-corrected chi connectivity index (χ2v) is 8.44. The van der Waals surface area contributed by atoms with Crippen molar-refractivity contribution in [2.24, 2.45) is 5.92 Å². The van der Waals surface area contributed by atoms with E-state index in [0.717, 1.165) is 18.6 Å². The van der Waals surface area contributed by atoms with Gasteiger partial charge in [-0.1, -0.05) is 13.8 Å². The molecule has 0 unspecified atom stereocenters. The number of fused-ring (bicyclic) bond motifs is 1. The maximum atomic E-state index is 13.7. The van der Waals surface area contributed by atoms with E-state index in [-0.39, 0.29) is 36.2 Å². The van der Waals surface area contributed by atoms with Crippen LogP contribution in [-0.2, 0) is 9.59 Å².